The number of hydrogen-bond donors (Lipinski definition) is 1. The van der Waals surface area contributed by atoms with Gasteiger partial charge in [-0.25, -0.2) is 13.8 Å². The molecule has 0 saturated carbocycles. The molecule has 0 unspecified atom stereocenters. The predicted octanol–water partition coefficient (Wildman–Crippen LogP) is 4.71. The van der Waals surface area contributed by atoms with Crippen LogP contribution in [-0.4, -0.2) is 12.0 Å². The first-order chi connectivity index (χ1) is 10.2. The zero-order valence-electron chi connectivity index (χ0n) is 11.2. The molecule has 3 rings (SSSR count). The Morgan fingerprint density at radius 3 is 2.48 bits per heavy atom. The van der Waals surface area contributed by atoms with Crippen LogP contribution in [0.3, 0.4) is 0 Å². The molecule has 2 aromatic carbocycles. The van der Waals surface area contributed by atoms with Crippen molar-refractivity contribution in [2.45, 2.75) is 9.92 Å². The summed E-state index contributed by atoms with van der Waals surface area (Å²) < 4.78 is 27.2. The van der Waals surface area contributed by atoms with Crippen LogP contribution in [0.2, 0.25) is 0 Å². The summed E-state index contributed by atoms with van der Waals surface area (Å²) in [4.78, 5) is 4.82. The highest BCUT2D eigenvalue weighted by molar-refractivity contribution is 7.99. The van der Waals surface area contributed by atoms with Gasteiger partial charge >= 0.3 is 0 Å². The fourth-order valence-corrected chi connectivity index (χ4v) is 2.88. The van der Waals surface area contributed by atoms with Gasteiger partial charge in [-0.05, 0) is 22.9 Å². The van der Waals surface area contributed by atoms with Gasteiger partial charge in [-0.15, -0.1) is 0 Å². The quantitative estimate of drug-likeness (QED) is 0.758. The van der Waals surface area contributed by atoms with Gasteiger partial charge in [0.15, 0.2) is 17.5 Å². The van der Waals surface area contributed by atoms with Crippen molar-refractivity contribution in [3.63, 3.8) is 0 Å². The van der Waals surface area contributed by atoms with Gasteiger partial charge in [0.1, 0.15) is 5.03 Å². The molecule has 1 N–H and O–H groups in total. The third-order valence-electron chi connectivity index (χ3n) is 3.07. The lowest BCUT2D eigenvalue weighted by Gasteiger charge is -2.07. The number of fused-ring (bicyclic) bond motifs is 1. The molecule has 0 spiro atoms. The van der Waals surface area contributed by atoms with Crippen molar-refractivity contribution in [3.8, 4) is 0 Å². The van der Waals surface area contributed by atoms with Crippen molar-refractivity contribution in [2.75, 3.05) is 12.4 Å². The summed E-state index contributed by atoms with van der Waals surface area (Å²) in [6, 6.07) is 14.6. The number of nitrogens with one attached hydrogen (secondary N) is 1. The average molecular weight is 302 g/mol. The molecule has 0 aliphatic heterocycles. The molecule has 0 aliphatic rings. The smallest absolute Gasteiger partial charge is 0.168 e. The molecule has 3 aromatic rings. The van der Waals surface area contributed by atoms with Crippen LogP contribution < -0.4 is 5.32 Å². The number of aromatic nitrogens is 1. The highest BCUT2D eigenvalue weighted by Crippen LogP contribution is 2.32. The summed E-state index contributed by atoms with van der Waals surface area (Å²) in [5.74, 6) is -1.32. The van der Waals surface area contributed by atoms with E-state index in [0.717, 1.165) is 21.7 Å². The van der Waals surface area contributed by atoms with Crippen LogP contribution in [0.4, 0.5) is 14.6 Å². The lowest BCUT2D eigenvalue weighted by atomic mass is 10.1. The van der Waals surface area contributed by atoms with E-state index < -0.39 is 11.6 Å². The SMILES string of the molecule is CNc1nc(Sc2ccc3ccccc3c2)c(F)cc1F. The Bertz CT molecular complexity index is 805. The summed E-state index contributed by atoms with van der Waals surface area (Å²) in [7, 11) is 1.55. The molecule has 0 aliphatic carbocycles. The number of rotatable bonds is 3. The first-order valence-corrected chi connectivity index (χ1v) is 7.19. The molecule has 0 fully saturated rings. The van der Waals surface area contributed by atoms with Crippen molar-refractivity contribution in [3.05, 3.63) is 60.2 Å². The Balaban J connectivity index is 1.98. The minimum Gasteiger partial charge on any atom is -0.371 e. The van der Waals surface area contributed by atoms with Crippen molar-refractivity contribution in [1.29, 1.82) is 0 Å². The molecule has 0 radical (unpaired) electrons. The normalized spacial score (nSPS) is 10.8. The highest BCUT2D eigenvalue weighted by atomic mass is 32.2. The maximum atomic E-state index is 13.8. The second-order valence-electron chi connectivity index (χ2n) is 4.47. The van der Waals surface area contributed by atoms with Gasteiger partial charge in [0.05, 0.1) is 0 Å². The van der Waals surface area contributed by atoms with Crippen LogP contribution >= 0.6 is 11.8 Å². The van der Waals surface area contributed by atoms with Gasteiger partial charge in [-0.2, -0.15) is 0 Å². The van der Waals surface area contributed by atoms with Crippen molar-refractivity contribution in [2.24, 2.45) is 0 Å². The van der Waals surface area contributed by atoms with Crippen LogP contribution in [0.1, 0.15) is 0 Å². The van der Waals surface area contributed by atoms with E-state index in [-0.39, 0.29) is 10.8 Å². The Labute approximate surface area is 125 Å². The van der Waals surface area contributed by atoms with Crippen molar-refractivity contribution in [1.82, 2.24) is 4.98 Å². The van der Waals surface area contributed by atoms with E-state index in [1.54, 1.807) is 7.05 Å². The van der Waals surface area contributed by atoms with Crippen molar-refractivity contribution >= 4 is 28.4 Å². The number of anilines is 1. The van der Waals surface area contributed by atoms with E-state index in [1.165, 1.54) is 11.8 Å². The first kappa shape index (κ1) is 13.8. The maximum absolute atomic E-state index is 13.8. The predicted molar refractivity (Wildman–Crippen MR) is 81.8 cm³/mol. The zero-order valence-corrected chi connectivity index (χ0v) is 12.0. The lowest BCUT2D eigenvalue weighted by molar-refractivity contribution is 0.552. The molecular weight excluding hydrogens is 290 g/mol. The monoisotopic (exact) mass is 302 g/mol. The van der Waals surface area contributed by atoms with Gasteiger partial charge in [0.25, 0.3) is 0 Å². The third kappa shape index (κ3) is 2.83. The van der Waals surface area contributed by atoms with Gasteiger partial charge < -0.3 is 5.32 Å². The van der Waals surface area contributed by atoms with Crippen LogP contribution in [0.5, 0.6) is 0 Å². The standard InChI is InChI=1S/C16H12F2N2S/c1-19-15-13(17)9-14(18)16(20-15)21-12-7-6-10-4-2-3-5-11(10)8-12/h2-9H,1H3,(H,19,20). The molecular formula is C16H12F2N2S. The number of benzene rings is 2. The van der Waals surface area contributed by atoms with E-state index in [1.807, 2.05) is 42.5 Å². The van der Waals surface area contributed by atoms with Gasteiger partial charge in [-0.1, -0.05) is 42.1 Å². The Hall–Kier alpha value is -2.14. The summed E-state index contributed by atoms with van der Waals surface area (Å²) in [6.07, 6.45) is 0. The second-order valence-corrected chi connectivity index (χ2v) is 5.53. The zero-order chi connectivity index (χ0) is 14.8. The number of nitrogens with zero attached hydrogens (tertiary/aromatic N) is 1. The number of hydrogen-bond acceptors (Lipinski definition) is 3. The summed E-state index contributed by atoms with van der Waals surface area (Å²) >= 11 is 1.17. The first-order valence-electron chi connectivity index (χ1n) is 6.38. The Morgan fingerprint density at radius 1 is 0.952 bits per heavy atom. The fourth-order valence-electron chi connectivity index (χ4n) is 2.04. The van der Waals surface area contributed by atoms with E-state index in [4.69, 9.17) is 0 Å². The van der Waals surface area contributed by atoms with Gasteiger partial charge in [-0.3, -0.25) is 0 Å². The minimum absolute atomic E-state index is 0.0414. The van der Waals surface area contributed by atoms with Crippen LogP contribution in [0.15, 0.2) is 58.5 Å². The topological polar surface area (TPSA) is 24.9 Å². The van der Waals surface area contributed by atoms with E-state index in [2.05, 4.69) is 10.3 Å². The average Bonchev–Trinajstić information content (AvgIpc) is 2.50. The molecule has 1 heterocycles. The molecule has 0 bridgehead atoms. The molecule has 21 heavy (non-hydrogen) atoms. The summed E-state index contributed by atoms with van der Waals surface area (Å²) in [6.45, 7) is 0. The summed E-state index contributed by atoms with van der Waals surface area (Å²) in [5.41, 5.74) is 0. The minimum atomic E-state index is -0.696. The molecule has 5 heteroatoms. The van der Waals surface area contributed by atoms with Crippen LogP contribution in [0, 0.1) is 11.6 Å². The second kappa shape index (κ2) is 5.69. The molecule has 0 atom stereocenters. The van der Waals surface area contributed by atoms with Crippen LogP contribution in [0.25, 0.3) is 10.8 Å². The van der Waals surface area contributed by atoms with Gasteiger partial charge in [0, 0.05) is 18.0 Å². The molecule has 106 valence electrons. The van der Waals surface area contributed by atoms with Crippen LogP contribution in [-0.2, 0) is 0 Å². The van der Waals surface area contributed by atoms with Gasteiger partial charge in [0.2, 0.25) is 0 Å². The molecule has 2 nitrogen and oxygen atoms in total. The number of halogens is 2. The maximum Gasteiger partial charge on any atom is 0.168 e. The van der Waals surface area contributed by atoms with E-state index >= 15 is 0 Å². The highest BCUT2D eigenvalue weighted by Gasteiger charge is 2.12. The lowest BCUT2D eigenvalue weighted by Crippen LogP contribution is -1.99. The molecule has 0 amide bonds. The Morgan fingerprint density at radius 2 is 1.71 bits per heavy atom. The molecule has 1 aromatic heterocycles. The van der Waals surface area contributed by atoms with E-state index in [0.29, 0.717) is 0 Å². The Kier molecular flexibility index (Phi) is 3.75. The fraction of sp³-hybridized carbons (Fsp3) is 0.0625. The van der Waals surface area contributed by atoms with Crippen molar-refractivity contribution < 1.29 is 8.78 Å². The largest absolute Gasteiger partial charge is 0.371 e. The summed E-state index contributed by atoms with van der Waals surface area (Å²) in [5, 5.41) is 4.95. The third-order valence-corrected chi connectivity index (χ3v) is 4.04. The van der Waals surface area contributed by atoms with E-state index in [9.17, 15) is 8.78 Å². The number of pyridine rings is 1. The molecule has 0 saturated heterocycles.